The predicted molar refractivity (Wildman–Crippen MR) is 82.6 cm³/mol. The molecular formula is C16H21N3O2. The van der Waals surface area contributed by atoms with Crippen molar-refractivity contribution in [3.63, 3.8) is 0 Å². The first-order valence-electron chi connectivity index (χ1n) is 7.23. The van der Waals surface area contributed by atoms with E-state index in [1.165, 1.54) is 6.33 Å². The third-order valence-corrected chi connectivity index (χ3v) is 3.12. The fraction of sp³-hybridized carbons (Fsp3) is 0.375. The zero-order chi connectivity index (χ0) is 15.1. The molecule has 2 N–H and O–H groups in total. The van der Waals surface area contributed by atoms with Crippen LogP contribution in [0, 0.1) is 0 Å². The second-order valence-electron chi connectivity index (χ2n) is 4.69. The van der Waals surface area contributed by atoms with Crippen LogP contribution in [-0.4, -0.2) is 21.6 Å². The summed E-state index contributed by atoms with van der Waals surface area (Å²) in [5, 5.41) is 12.3. The Labute approximate surface area is 125 Å². The lowest BCUT2D eigenvalue weighted by Crippen LogP contribution is -2.07. The number of aliphatic hydroxyl groups is 1. The summed E-state index contributed by atoms with van der Waals surface area (Å²) < 4.78 is 5.85. The van der Waals surface area contributed by atoms with Gasteiger partial charge in [0, 0.05) is 6.54 Å². The van der Waals surface area contributed by atoms with Crippen molar-refractivity contribution in [1.82, 2.24) is 9.97 Å². The highest BCUT2D eigenvalue weighted by Crippen LogP contribution is 2.27. The van der Waals surface area contributed by atoms with Gasteiger partial charge < -0.3 is 15.2 Å². The molecule has 1 heterocycles. The average molecular weight is 287 g/mol. The summed E-state index contributed by atoms with van der Waals surface area (Å²) >= 11 is 0. The Morgan fingerprint density at radius 1 is 1.14 bits per heavy atom. The van der Waals surface area contributed by atoms with E-state index in [1.807, 2.05) is 24.3 Å². The van der Waals surface area contributed by atoms with Crippen LogP contribution < -0.4 is 10.1 Å². The van der Waals surface area contributed by atoms with Gasteiger partial charge in [0.2, 0.25) is 5.88 Å². The van der Waals surface area contributed by atoms with Crippen LogP contribution in [0.15, 0.2) is 30.6 Å². The van der Waals surface area contributed by atoms with Crippen LogP contribution in [0.3, 0.4) is 0 Å². The lowest BCUT2D eigenvalue weighted by atomic mass is 10.2. The van der Waals surface area contributed by atoms with E-state index in [1.54, 1.807) is 0 Å². The highest BCUT2D eigenvalue weighted by atomic mass is 16.5. The van der Waals surface area contributed by atoms with E-state index in [4.69, 9.17) is 9.84 Å². The number of aliphatic hydroxyl groups excluding tert-OH is 1. The van der Waals surface area contributed by atoms with Gasteiger partial charge >= 0.3 is 0 Å². The lowest BCUT2D eigenvalue weighted by Gasteiger charge is -2.13. The molecule has 0 radical (unpaired) electrons. The Morgan fingerprint density at radius 3 is 2.52 bits per heavy atom. The van der Waals surface area contributed by atoms with Crippen LogP contribution in [-0.2, 0) is 13.0 Å². The Hall–Kier alpha value is -2.14. The number of benzene rings is 1. The predicted octanol–water partition coefficient (Wildman–Crippen LogP) is 3.15. The van der Waals surface area contributed by atoms with Crippen molar-refractivity contribution in [3.8, 4) is 11.6 Å². The molecule has 0 aliphatic rings. The van der Waals surface area contributed by atoms with Crippen LogP contribution in [0.1, 0.15) is 31.4 Å². The van der Waals surface area contributed by atoms with Crippen molar-refractivity contribution in [3.05, 3.63) is 41.7 Å². The second kappa shape index (κ2) is 7.59. The van der Waals surface area contributed by atoms with Crippen LogP contribution in [0.25, 0.3) is 0 Å². The molecule has 0 unspecified atom stereocenters. The molecular weight excluding hydrogens is 266 g/mol. The standard InChI is InChI=1S/C16H21N3O2/c1-3-9-17-15-14(4-2)16(19-11-18-15)21-13-7-5-12(10-20)6-8-13/h5-8,11,20H,3-4,9-10H2,1-2H3,(H,17,18,19). The molecule has 0 aliphatic heterocycles. The van der Waals surface area contributed by atoms with Gasteiger partial charge in [-0.05, 0) is 30.5 Å². The second-order valence-corrected chi connectivity index (χ2v) is 4.69. The van der Waals surface area contributed by atoms with Crippen molar-refractivity contribution in [2.45, 2.75) is 33.3 Å². The molecule has 0 atom stereocenters. The minimum absolute atomic E-state index is 0.0269. The molecule has 112 valence electrons. The molecule has 0 spiro atoms. The summed E-state index contributed by atoms with van der Waals surface area (Å²) in [5.41, 5.74) is 1.82. The summed E-state index contributed by atoms with van der Waals surface area (Å²) in [6, 6.07) is 7.31. The maximum absolute atomic E-state index is 9.05. The van der Waals surface area contributed by atoms with E-state index in [0.29, 0.717) is 11.6 Å². The normalized spacial score (nSPS) is 10.4. The highest BCUT2D eigenvalue weighted by Gasteiger charge is 2.11. The third-order valence-electron chi connectivity index (χ3n) is 3.12. The Balaban J connectivity index is 2.21. The van der Waals surface area contributed by atoms with Crippen LogP contribution in [0.2, 0.25) is 0 Å². The molecule has 0 saturated carbocycles. The molecule has 5 nitrogen and oxygen atoms in total. The first-order valence-corrected chi connectivity index (χ1v) is 7.23. The number of nitrogens with zero attached hydrogens (tertiary/aromatic N) is 2. The van der Waals surface area contributed by atoms with Crippen molar-refractivity contribution in [1.29, 1.82) is 0 Å². The highest BCUT2D eigenvalue weighted by molar-refractivity contribution is 5.49. The van der Waals surface area contributed by atoms with Crippen LogP contribution in [0.5, 0.6) is 11.6 Å². The van der Waals surface area contributed by atoms with E-state index in [9.17, 15) is 0 Å². The topological polar surface area (TPSA) is 67.3 Å². The molecule has 0 bridgehead atoms. The number of nitrogens with one attached hydrogen (secondary N) is 1. The molecule has 21 heavy (non-hydrogen) atoms. The molecule has 1 aromatic heterocycles. The van der Waals surface area contributed by atoms with E-state index in [-0.39, 0.29) is 6.61 Å². The Morgan fingerprint density at radius 2 is 1.90 bits per heavy atom. The van der Waals surface area contributed by atoms with E-state index in [0.717, 1.165) is 36.3 Å². The van der Waals surface area contributed by atoms with E-state index < -0.39 is 0 Å². The zero-order valence-corrected chi connectivity index (χ0v) is 12.5. The summed E-state index contributed by atoms with van der Waals surface area (Å²) in [7, 11) is 0. The largest absolute Gasteiger partial charge is 0.439 e. The van der Waals surface area contributed by atoms with Gasteiger partial charge in [-0.1, -0.05) is 26.0 Å². The molecule has 5 heteroatoms. The minimum Gasteiger partial charge on any atom is -0.439 e. The van der Waals surface area contributed by atoms with Crippen LogP contribution >= 0.6 is 0 Å². The van der Waals surface area contributed by atoms with Crippen molar-refractivity contribution < 1.29 is 9.84 Å². The number of anilines is 1. The van der Waals surface area contributed by atoms with Crippen molar-refractivity contribution in [2.24, 2.45) is 0 Å². The molecule has 0 saturated heterocycles. The average Bonchev–Trinajstić information content (AvgIpc) is 2.53. The number of hydrogen-bond donors (Lipinski definition) is 2. The van der Waals surface area contributed by atoms with E-state index in [2.05, 4.69) is 29.1 Å². The maximum Gasteiger partial charge on any atom is 0.227 e. The number of ether oxygens (including phenoxy) is 1. The van der Waals surface area contributed by atoms with Crippen LogP contribution in [0.4, 0.5) is 5.82 Å². The number of rotatable bonds is 7. The summed E-state index contributed by atoms with van der Waals surface area (Å²) in [4.78, 5) is 8.51. The van der Waals surface area contributed by atoms with Gasteiger partial charge in [-0.2, -0.15) is 0 Å². The fourth-order valence-corrected chi connectivity index (χ4v) is 1.97. The summed E-state index contributed by atoms with van der Waals surface area (Å²) in [5.74, 6) is 2.10. The Kier molecular flexibility index (Phi) is 5.51. The number of aromatic nitrogens is 2. The number of hydrogen-bond acceptors (Lipinski definition) is 5. The van der Waals surface area contributed by atoms with Crippen molar-refractivity contribution in [2.75, 3.05) is 11.9 Å². The monoisotopic (exact) mass is 287 g/mol. The zero-order valence-electron chi connectivity index (χ0n) is 12.5. The molecule has 1 aromatic carbocycles. The van der Waals surface area contributed by atoms with Crippen molar-refractivity contribution >= 4 is 5.82 Å². The molecule has 0 fully saturated rings. The van der Waals surface area contributed by atoms with Gasteiger partial charge in [-0.3, -0.25) is 0 Å². The first kappa shape index (κ1) is 15.3. The third kappa shape index (κ3) is 3.92. The lowest BCUT2D eigenvalue weighted by molar-refractivity contribution is 0.281. The maximum atomic E-state index is 9.05. The van der Waals surface area contributed by atoms with Gasteiger partial charge in [-0.15, -0.1) is 0 Å². The molecule has 2 rings (SSSR count). The Bertz CT molecular complexity index is 570. The first-order chi connectivity index (χ1) is 10.3. The molecule has 0 aliphatic carbocycles. The smallest absolute Gasteiger partial charge is 0.227 e. The SMILES string of the molecule is CCCNc1ncnc(Oc2ccc(CO)cc2)c1CC. The fourth-order valence-electron chi connectivity index (χ4n) is 1.97. The summed E-state index contributed by atoms with van der Waals surface area (Å²) in [6.07, 6.45) is 3.33. The van der Waals surface area contributed by atoms with Gasteiger partial charge in [0.1, 0.15) is 17.9 Å². The summed E-state index contributed by atoms with van der Waals surface area (Å²) in [6.45, 7) is 5.06. The van der Waals surface area contributed by atoms with Gasteiger partial charge in [-0.25, -0.2) is 9.97 Å². The molecule has 2 aromatic rings. The van der Waals surface area contributed by atoms with Gasteiger partial charge in [0.15, 0.2) is 0 Å². The minimum atomic E-state index is 0.0269. The van der Waals surface area contributed by atoms with Gasteiger partial charge in [0.25, 0.3) is 0 Å². The van der Waals surface area contributed by atoms with Gasteiger partial charge in [0.05, 0.1) is 12.2 Å². The quantitative estimate of drug-likeness (QED) is 0.819. The van der Waals surface area contributed by atoms with E-state index >= 15 is 0 Å². The molecule has 0 amide bonds.